The molecule has 0 aliphatic heterocycles. The summed E-state index contributed by atoms with van der Waals surface area (Å²) in [6.45, 7) is 0. The van der Waals surface area contributed by atoms with E-state index in [0.717, 1.165) is 26.2 Å². The molecule has 6 nitrogen and oxygen atoms in total. The van der Waals surface area contributed by atoms with E-state index < -0.39 is 54.7 Å². The molecule has 1 N–H and O–H groups in total. The van der Waals surface area contributed by atoms with Crippen LogP contribution in [0.25, 0.3) is 0 Å². The lowest BCUT2D eigenvalue weighted by Gasteiger charge is -2.22. The highest BCUT2D eigenvalue weighted by molar-refractivity contribution is 7.89. The third-order valence-electron chi connectivity index (χ3n) is 3.52. The third-order valence-corrected chi connectivity index (χ3v) is 5.27. The molecular formula is C14H12ClF4N3O3S. The third kappa shape index (κ3) is 3.89. The van der Waals surface area contributed by atoms with Crippen LogP contribution in [0.2, 0.25) is 5.02 Å². The molecule has 0 radical (unpaired) electrons. The summed E-state index contributed by atoms with van der Waals surface area (Å²) in [5, 5.41) is 3.09. The van der Waals surface area contributed by atoms with Crippen LogP contribution in [0.15, 0.2) is 34.0 Å². The van der Waals surface area contributed by atoms with Crippen molar-refractivity contribution in [3.63, 3.8) is 0 Å². The standard InChI is InChI=1S/C14H12ClF4N3O3S/c1-20-26(24,25)10-6-11(23)22(2)21-13(10)12(14(17,18)19)7-3-4-8(15)9(16)5-7/h3-6,12,20H,1-2H3. The van der Waals surface area contributed by atoms with Crippen molar-refractivity contribution >= 4 is 21.6 Å². The zero-order valence-corrected chi connectivity index (χ0v) is 14.9. The molecule has 1 heterocycles. The van der Waals surface area contributed by atoms with Gasteiger partial charge in [0.25, 0.3) is 5.56 Å². The first-order valence-electron chi connectivity index (χ1n) is 6.92. The van der Waals surface area contributed by atoms with Crippen LogP contribution in [0.5, 0.6) is 0 Å². The first-order chi connectivity index (χ1) is 11.9. The lowest BCUT2D eigenvalue weighted by Crippen LogP contribution is -2.32. The Balaban J connectivity index is 2.88. The summed E-state index contributed by atoms with van der Waals surface area (Å²) in [4.78, 5) is 10.8. The molecule has 0 amide bonds. The minimum atomic E-state index is -5.03. The minimum Gasteiger partial charge on any atom is -0.268 e. The van der Waals surface area contributed by atoms with Crippen LogP contribution in [-0.4, -0.2) is 31.4 Å². The van der Waals surface area contributed by atoms with Crippen LogP contribution in [0, 0.1) is 5.82 Å². The van der Waals surface area contributed by atoms with Crippen molar-refractivity contribution in [3.05, 3.63) is 56.7 Å². The molecule has 0 fully saturated rings. The number of aryl methyl sites for hydroxylation is 1. The summed E-state index contributed by atoms with van der Waals surface area (Å²) < 4.78 is 81.5. The smallest absolute Gasteiger partial charge is 0.268 e. The summed E-state index contributed by atoms with van der Waals surface area (Å²) in [5.74, 6) is -3.71. The molecule has 12 heteroatoms. The van der Waals surface area contributed by atoms with Gasteiger partial charge in [0, 0.05) is 13.1 Å². The largest absolute Gasteiger partial charge is 0.401 e. The van der Waals surface area contributed by atoms with E-state index in [1.807, 2.05) is 4.72 Å². The van der Waals surface area contributed by atoms with Gasteiger partial charge in [-0.2, -0.15) is 18.3 Å². The Labute approximate surface area is 150 Å². The van der Waals surface area contributed by atoms with Crippen molar-refractivity contribution in [2.45, 2.75) is 17.0 Å². The van der Waals surface area contributed by atoms with E-state index in [0.29, 0.717) is 16.8 Å². The van der Waals surface area contributed by atoms with Crippen molar-refractivity contribution in [1.82, 2.24) is 14.5 Å². The molecule has 142 valence electrons. The van der Waals surface area contributed by atoms with Gasteiger partial charge in [-0.25, -0.2) is 22.2 Å². The lowest BCUT2D eigenvalue weighted by molar-refractivity contribution is -0.142. The number of nitrogens with one attached hydrogen (secondary N) is 1. The van der Waals surface area contributed by atoms with Crippen LogP contribution >= 0.6 is 11.6 Å². The molecule has 0 saturated carbocycles. The highest BCUT2D eigenvalue weighted by atomic mass is 35.5. The van der Waals surface area contributed by atoms with Gasteiger partial charge in [0.2, 0.25) is 10.0 Å². The predicted octanol–water partition coefficient (Wildman–Crippen LogP) is 2.18. The van der Waals surface area contributed by atoms with Gasteiger partial charge in [-0.3, -0.25) is 4.79 Å². The van der Waals surface area contributed by atoms with Crippen molar-refractivity contribution < 1.29 is 26.0 Å². The summed E-state index contributed by atoms with van der Waals surface area (Å²) in [5.41, 5.74) is -2.50. The summed E-state index contributed by atoms with van der Waals surface area (Å²) in [6.07, 6.45) is -5.03. The maximum Gasteiger partial charge on any atom is 0.401 e. The van der Waals surface area contributed by atoms with Crippen LogP contribution in [-0.2, 0) is 17.1 Å². The Morgan fingerprint density at radius 3 is 2.38 bits per heavy atom. The molecule has 26 heavy (non-hydrogen) atoms. The number of hydrogen-bond donors (Lipinski definition) is 1. The van der Waals surface area contributed by atoms with E-state index in [2.05, 4.69) is 5.10 Å². The number of aromatic nitrogens is 2. The summed E-state index contributed by atoms with van der Waals surface area (Å²) >= 11 is 5.49. The van der Waals surface area contributed by atoms with Gasteiger partial charge in [-0.1, -0.05) is 17.7 Å². The zero-order valence-electron chi connectivity index (χ0n) is 13.3. The predicted molar refractivity (Wildman–Crippen MR) is 85.0 cm³/mol. The SMILES string of the molecule is CNS(=O)(=O)c1cc(=O)n(C)nc1C(c1ccc(Cl)c(F)c1)C(F)(F)F. The summed E-state index contributed by atoms with van der Waals surface area (Å²) in [7, 11) is -2.41. The molecule has 1 aromatic carbocycles. The van der Waals surface area contributed by atoms with Gasteiger partial charge in [-0.05, 0) is 24.7 Å². The Bertz CT molecular complexity index is 1010. The van der Waals surface area contributed by atoms with Gasteiger partial charge < -0.3 is 0 Å². The van der Waals surface area contributed by atoms with E-state index in [1.165, 1.54) is 0 Å². The van der Waals surface area contributed by atoms with E-state index in [-0.39, 0.29) is 0 Å². The second kappa shape index (κ2) is 6.97. The van der Waals surface area contributed by atoms with Gasteiger partial charge in [0.1, 0.15) is 16.6 Å². The summed E-state index contributed by atoms with van der Waals surface area (Å²) in [6, 6.07) is 2.90. The fourth-order valence-electron chi connectivity index (χ4n) is 2.26. The first-order valence-corrected chi connectivity index (χ1v) is 8.78. The molecule has 1 atom stereocenters. The second-order valence-electron chi connectivity index (χ2n) is 5.21. The molecule has 1 aromatic heterocycles. The van der Waals surface area contributed by atoms with Gasteiger partial charge in [0.15, 0.2) is 0 Å². The number of sulfonamides is 1. The van der Waals surface area contributed by atoms with Gasteiger partial charge >= 0.3 is 6.18 Å². The van der Waals surface area contributed by atoms with Crippen molar-refractivity contribution in [2.75, 3.05) is 7.05 Å². The average Bonchev–Trinajstić information content (AvgIpc) is 2.52. The number of nitrogens with zero attached hydrogens (tertiary/aromatic N) is 2. The fourth-order valence-corrected chi connectivity index (χ4v) is 3.29. The van der Waals surface area contributed by atoms with Crippen molar-refractivity contribution in [3.8, 4) is 0 Å². The molecule has 1 unspecified atom stereocenters. The van der Waals surface area contributed by atoms with Crippen LogP contribution < -0.4 is 10.3 Å². The Kier molecular flexibility index (Phi) is 5.45. The van der Waals surface area contributed by atoms with E-state index >= 15 is 0 Å². The van der Waals surface area contributed by atoms with E-state index in [1.54, 1.807) is 0 Å². The molecule has 0 aliphatic rings. The van der Waals surface area contributed by atoms with Crippen LogP contribution in [0.1, 0.15) is 17.2 Å². The quantitative estimate of drug-likeness (QED) is 0.779. The van der Waals surface area contributed by atoms with Crippen molar-refractivity contribution in [2.24, 2.45) is 7.05 Å². The highest BCUT2D eigenvalue weighted by Crippen LogP contribution is 2.41. The van der Waals surface area contributed by atoms with Crippen LogP contribution in [0.3, 0.4) is 0 Å². The number of hydrogen-bond acceptors (Lipinski definition) is 4. The molecule has 0 bridgehead atoms. The molecule has 2 rings (SSSR count). The van der Waals surface area contributed by atoms with E-state index in [4.69, 9.17) is 11.6 Å². The van der Waals surface area contributed by atoms with Gasteiger partial charge in [-0.15, -0.1) is 0 Å². The Hall–Kier alpha value is -1.98. The fraction of sp³-hybridized carbons (Fsp3) is 0.286. The average molecular weight is 414 g/mol. The molecule has 0 saturated heterocycles. The maximum absolute atomic E-state index is 13.7. The molecular weight excluding hydrogens is 402 g/mol. The van der Waals surface area contributed by atoms with E-state index in [9.17, 15) is 30.8 Å². The highest BCUT2D eigenvalue weighted by Gasteiger charge is 2.46. The molecule has 0 spiro atoms. The van der Waals surface area contributed by atoms with Gasteiger partial charge in [0.05, 0.1) is 10.7 Å². The normalized spacial score (nSPS) is 13.7. The first kappa shape index (κ1) is 20.3. The van der Waals surface area contributed by atoms with Crippen LogP contribution in [0.4, 0.5) is 17.6 Å². The van der Waals surface area contributed by atoms with Crippen molar-refractivity contribution in [1.29, 1.82) is 0 Å². The Morgan fingerprint density at radius 1 is 1.27 bits per heavy atom. The number of halogens is 5. The topological polar surface area (TPSA) is 81.1 Å². The number of benzene rings is 1. The molecule has 0 aliphatic carbocycles. The number of alkyl halides is 3. The second-order valence-corrected chi connectivity index (χ2v) is 7.47. The zero-order chi connectivity index (χ0) is 19.9. The minimum absolute atomic E-state index is 0.397. The Morgan fingerprint density at radius 2 is 1.88 bits per heavy atom. The lowest BCUT2D eigenvalue weighted by atomic mass is 9.94. The maximum atomic E-state index is 13.7. The molecule has 2 aromatic rings. The number of rotatable bonds is 4. The monoisotopic (exact) mass is 413 g/mol.